The number of nitrogens with zero attached hydrogens (tertiary/aromatic N) is 2. The number of ether oxygens (including phenoxy) is 1. The predicted molar refractivity (Wildman–Crippen MR) is 100 cm³/mol. The number of hydrogen-bond acceptors (Lipinski definition) is 3. The Morgan fingerprint density at radius 1 is 1.15 bits per heavy atom. The smallest absolute Gasteiger partial charge is 0.223 e. The molecule has 1 aliphatic heterocycles. The van der Waals surface area contributed by atoms with Crippen molar-refractivity contribution in [1.29, 1.82) is 5.26 Å². The van der Waals surface area contributed by atoms with Crippen molar-refractivity contribution in [2.75, 3.05) is 13.2 Å². The third-order valence-electron chi connectivity index (χ3n) is 4.81. The Bertz CT molecular complexity index is 812. The van der Waals surface area contributed by atoms with Gasteiger partial charge in [0, 0.05) is 19.6 Å². The first kappa shape index (κ1) is 19.1. The van der Waals surface area contributed by atoms with Crippen LogP contribution >= 0.6 is 0 Å². The van der Waals surface area contributed by atoms with Crippen LogP contribution in [0.4, 0.5) is 4.39 Å². The highest BCUT2D eigenvalue weighted by Crippen LogP contribution is 2.39. The molecule has 1 aliphatic rings. The molecule has 2 atom stereocenters. The van der Waals surface area contributed by atoms with Crippen molar-refractivity contribution in [1.82, 2.24) is 4.90 Å². The second-order valence-electron chi connectivity index (χ2n) is 6.71. The number of carbonyl (C=O) groups is 1. The molecule has 2 aromatic carbocycles. The van der Waals surface area contributed by atoms with E-state index < -0.39 is 0 Å². The van der Waals surface area contributed by atoms with Crippen LogP contribution in [0.25, 0.3) is 0 Å². The molecule has 0 spiro atoms. The number of hydrogen-bond donors (Lipinski definition) is 0. The van der Waals surface area contributed by atoms with Crippen molar-refractivity contribution in [2.45, 2.75) is 38.3 Å². The zero-order valence-electron chi connectivity index (χ0n) is 15.4. The van der Waals surface area contributed by atoms with E-state index in [1.807, 2.05) is 24.0 Å². The van der Waals surface area contributed by atoms with Crippen LogP contribution < -0.4 is 0 Å². The van der Waals surface area contributed by atoms with Gasteiger partial charge < -0.3 is 9.64 Å². The minimum atomic E-state index is -0.384. The second-order valence-corrected chi connectivity index (χ2v) is 6.71. The molecule has 1 heterocycles. The van der Waals surface area contributed by atoms with E-state index in [-0.39, 0.29) is 23.9 Å². The van der Waals surface area contributed by atoms with Gasteiger partial charge >= 0.3 is 0 Å². The van der Waals surface area contributed by atoms with Gasteiger partial charge in [-0.15, -0.1) is 0 Å². The molecule has 0 aliphatic carbocycles. The molecular weight excluding hydrogens is 343 g/mol. The van der Waals surface area contributed by atoms with Gasteiger partial charge in [0.15, 0.2) is 0 Å². The van der Waals surface area contributed by atoms with Gasteiger partial charge in [-0.1, -0.05) is 31.2 Å². The summed E-state index contributed by atoms with van der Waals surface area (Å²) >= 11 is 0. The normalized spacial score (nSPS) is 16.2. The third kappa shape index (κ3) is 4.35. The Hall–Kier alpha value is -2.71. The zero-order valence-corrected chi connectivity index (χ0v) is 15.4. The highest BCUT2D eigenvalue weighted by atomic mass is 19.1. The van der Waals surface area contributed by atoms with E-state index in [1.54, 1.807) is 24.3 Å². The van der Waals surface area contributed by atoms with Crippen LogP contribution in [0.5, 0.6) is 0 Å². The van der Waals surface area contributed by atoms with Gasteiger partial charge in [-0.25, -0.2) is 4.39 Å². The lowest BCUT2D eigenvalue weighted by molar-refractivity contribution is -0.133. The number of amides is 1. The first-order valence-electron chi connectivity index (χ1n) is 9.30. The Balaban J connectivity index is 2.04. The topological polar surface area (TPSA) is 53.3 Å². The van der Waals surface area contributed by atoms with E-state index in [0.29, 0.717) is 25.1 Å². The van der Waals surface area contributed by atoms with Crippen LogP contribution in [0.3, 0.4) is 0 Å². The predicted octanol–water partition coefficient (Wildman–Crippen LogP) is 4.53. The van der Waals surface area contributed by atoms with E-state index in [9.17, 15) is 9.18 Å². The minimum Gasteiger partial charge on any atom is -0.371 e. The summed E-state index contributed by atoms with van der Waals surface area (Å²) in [7, 11) is 0. The molecule has 5 heteroatoms. The van der Waals surface area contributed by atoms with Gasteiger partial charge in [0.1, 0.15) is 11.9 Å². The molecule has 1 unspecified atom stereocenters. The van der Waals surface area contributed by atoms with E-state index in [2.05, 4.69) is 6.07 Å². The summed E-state index contributed by atoms with van der Waals surface area (Å²) in [6.07, 6.45) is 1.79. The second kappa shape index (κ2) is 8.79. The van der Waals surface area contributed by atoms with Crippen molar-refractivity contribution in [2.24, 2.45) is 0 Å². The maximum absolute atomic E-state index is 13.5. The molecule has 0 aromatic heterocycles. The van der Waals surface area contributed by atoms with Crippen molar-refractivity contribution in [3.05, 3.63) is 71.0 Å². The maximum Gasteiger partial charge on any atom is 0.223 e. The molecule has 1 saturated heterocycles. The molecule has 0 radical (unpaired) electrons. The van der Waals surface area contributed by atoms with Gasteiger partial charge in [0.05, 0.1) is 17.7 Å². The van der Waals surface area contributed by atoms with Crippen LogP contribution in [0.15, 0.2) is 48.5 Å². The van der Waals surface area contributed by atoms with E-state index in [0.717, 1.165) is 24.0 Å². The van der Waals surface area contributed by atoms with Crippen LogP contribution in [0, 0.1) is 17.1 Å². The Morgan fingerprint density at radius 3 is 2.37 bits per heavy atom. The highest BCUT2D eigenvalue weighted by molar-refractivity contribution is 5.78. The fourth-order valence-electron chi connectivity index (χ4n) is 3.50. The van der Waals surface area contributed by atoms with Crippen LogP contribution in [0.2, 0.25) is 0 Å². The summed E-state index contributed by atoms with van der Waals surface area (Å²) in [5.41, 5.74) is 2.32. The molecule has 0 saturated carbocycles. The molecule has 2 aromatic rings. The first-order chi connectivity index (χ1) is 13.1. The SMILES string of the molecule is CCCO[C@@H](c1ccc(C#N)cc1)C(c1ccc(F)cc1)N1CCCC1=O. The average molecular weight is 366 g/mol. The molecule has 0 bridgehead atoms. The van der Waals surface area contributed by atoms with Gasteiger partial charge in [-0.2, -0.15) is 5.26 Å². The number of carbonyl (C=O) groups excluding carboxylic acids is 1. The Labute approximate surface area is 159 Å². The molecule has 1 amide bonds. The highest BCUT2D eigenvalue weighted by Gasteiger charge is 2.36. The number of nitriles is 1. The molecule has 4 nitrogen and oxygen atoms in total. The summed E-state index contributed by atoms with van der Waals surface area (Å²) in [6, 6.07) is 15.3. The summed E-state index contributed by atoms with van der Waals surface area (Å²) in [5.74, 6) is -0.224. The number of halogens is 1. The number of benzene rings is 2. The van der Waals surface area contributed by atoms with Crippen molar-refractivity contribution >= 4 is 5.91 Å². The fraction of sp³-hybridized carbons (Fsp3) is 0.364. The lowest BCUT2D eigenvalue weighted by Crippen LogP contribution is -2.35. The Morgan fingerprint density at radius 2 is 1.81 bits per heavy atom. The van der Waals surface area contributed by atoms with Crippen LogP contribution in [-0.4, -0.2) is 24.0 Å². The van der Waals surface area contributed by atoms with E-state index >= 15 is 0 Å². The van der Waals surface area contributed by atoms with Gasteiger partial charge in [0.2, 0.25) is 5.91 Å². The van der Waals surface area contributed by atoms with Crippen LogP contribution in [0.1, 0.15) is 55.0 Å². The zero-order chi connectivity index (χ0) is 19.2. The lowest BCUT2D eigenvalue weighted by Gasteiger charge is -2.35. The molecule has 140 valence electrons. The number of rotatable bonds is 7. The average Bonchev–Trinajstić information content (AvgIpc) is 3.12. The molecule has 1 fully saturated rings. The van der Waals surface area contributed by atoms with Crippen LogP contribution in [-0.2, 0) is 9.53 Å². The standard InChI is InChI=1S/C22H23FN2O2/c1-2-14-27-22(18-7-5-16(15-24)6-8-18)21(25-13-3-4-20(25)26)17-9-11-19(23)12-10-17/h5-12,21-22H,2-4,13-14H2,1H3/t21?,22-/m0/s1. The van der Waals surface area contributed by atoms with Crippen molar-refractivity contribution in [3.8, 4) is 6.07 Å². The molecule has 0 N–H and O–H groups in total. The minimum absolute atomic E-state index is 0.0862. The Kier molecular flexibility index (Phi) is 6.20. The summed E-state index contributed by atoms with van der Waals surface area (Å²) in [6.45, 7) is 3.23. The van der Waals surface area contributed by atoms with E-state index in [4.69, 9.17) is 10.00 Å². The van der Waals surface area contributed by atoms with Gasteiger partial charge in [0.25, 0.3) is 0 Å². The largest absolute Gasteiger partial charge is 0.371 e. The van der Waals surface area contributed by atoms with Crippen molar-refractivity contribution < 1.29 is 13.9 Å². The van der Waals surface area contributed by atoms with E-state index in [1.165, 1.54) is 12.1 Å². The molecule has 27 heavy (non-hydrogen) atoms. The summed E-state index contributed by atoms with van der Waals surface area (Å²) in [4.78, 5) is 14.4. The third-order valence-corrected chi connectivity index (χ3v) is 4.81. The quantitative estimate of drug-likeness (QED) is 0.723. The van der Waals surface area contributed by atoms with Crippen molar-refractivity contribution in [3.63, 3.8) is 0 Å². The van der Waals surface area contributed by atoms with Gasteiger partial charge in [-0.3, -0.25) is 4.79 Å². The molecule has 3 rings (SSSR count). The maximum atomic E-state index is 13.5. The monoisotopic (exact) mass is 366 g/mol. The van der Waals surface area contributed by atoms with Gasteiger partial charge in [-0.05, 0) is 48.2 Å². The summed E-state index contributed by atoms with van der Waals surface area (Å²) < 4.78 is 19.7. The number of likely N-dealkylation sites (tertiary alicyclic amines) is 1. The molecular formula is C22H23FN2O2. The fourth-order valence-corrected chi connectivity index (χ4v) is 3.50. The summed E-state index contributed by atoms with van der Waals surface area (Å²) in [5, 5.41) is 9.06. The first-order valence-corrected chi connectivity index (χ1v) is 9.30. The lowest BCUT2D eigenvalue weighted by atomic mass is 9.93.